The molecule has 1 fully saturated rings. The van der Waals surface area contributed by atoms with E-state index in [-0.39, 0.29) is 24.5 Å². The average molecular weight is 440 g/mol. The highest BCUT2D eigenvalue weighted by molar-refractivity contribution is 7.86. The normalized spacial score (nSPS) is 20.4. The van der Waals surface area contributed by atoms with Gasteiger partial charge in [0.1, 0.15) is 6.61 Å². The molecule has 1 aromatic carbocycles. The van der Waals surface area contributed by atoms with Crippen molar-refractivity contribution >= 4 is 37.9 Å². The fourth-order valence-electron chi connectivity index (χ4n) is 2.38. The zero-order valence-corrected chi connectivity index (χ0v) is 16.7. The van der Waals surface area contributed by atoms with E-state index in [0.717, 1.165) is 11.2 Å². The lowest BCUT2D eigenvalue weighted by atomic mass is 10.3. The Morgan fingerprint density at radius 1 is 1.26 bits per heavy atom. The summed E-state index contributed by atoms with van der Waals surface area (Å²) in [5.41, 5.74) is 0. The van der Waals surface area contributed by atoms with Crippen molar-refractivity contribution in [2.75, 3.05) is 19.4 Å². The number of benzene rings is 1. The van der Waals surface area contributed by atoms with Crippen molar-refractivity contribution < 1.29 is 34.7 Å². The van der Waals surface area contributed by atoms with Gasteiger partial charge in [0.05, 0.1) is 23.8 Å². The van der Waals surface area contributed by atoms with Gasteiger partial charge in [-0.25, -0.2) is 8.98 Å². The molecule has 0 aliphatic carbocycles. The average Bonchev–Trinajstić information content (AvgIpc) is 2.92. The minimum atomic E-state index is -4.25. The van der Waals surface area contributed by atoms with E-state index >= 15 is 0 Å². The van der Waals surface area contributed by atoms with Crippen LogP contribution >= 0.6 is 11.6 Å². The van der Waals surface area contributed by atoms with Crippen LogP contribution in [0.2, 0.25) is 5.02 Å². The summed E-state index contributed by atoms with van der Waals surface area (Å²) in [5, 5.41) is 0.339. The molecule has 1 aromatic rings. The number of likely N-dealkylation sites (tertiary alicyclic amines) is 1. The van der Waals surface area contributed by atoms with Crippen LogP contribution in [-0.2, 0) is 33.3 Å². The van der Waals surface area contributed by atoms with Crippen LogP contribution in [0.3, 0.4) is 0 Å². The van der Waals surface area contributed by atoms with E-state index in [9.17, 15) is 21.6 Å². The van der Waals surface area contributed by atoms with E-state index in [4.69, 9.17) is 24.7 Å². The first-order chi connectivity index (χ1) is 12.5. The second-order valence-electron chi connectivity index (χ2n) is 5.63. The summed E-state index contributed by atoms with van der Waals surface area (Å²) < 4.78 is 62.5. The topological polar surface area (TPSA) is 116 Å². The fraction of sp³-hybridized carbons (Fsp3) is 0.400. The molecule has 2 atom stereocenters. The van der Waals surface area contributed by atoms with Gasteiger partial charge in [-0.1, -0.05) is 24.3 Å². The van der Waals surface area contributed by atoms with Crippen LogP contribution in [0.25, 0.3) is 0 Å². The first-order valence-corrected chi connectivity index (χ1v) is 11.2. The summed E-state index contributed by atoms with van der Waals surface area (Å²) in [7, 11) is -8.06. The number of hydrogen-bond acceptors (Lipinski definition) is 8. The third-order valence-corrected chi connectivity index (χ3v) is 5.62. The monoisotopic (exact) mass is 439 g/mol. The van der Waals surface area contributed by atoms with Crippen LogP contribution in [0, 0.1) is 0 Å². The quantitative estimate of drug-likeness (QED) is 0.466. The van der Waals surface area contributed by atoms with Gasteiger partial charge in [0.2, 0.25) is 0 Å². The smallest absolute Gasteiger partial charge is 0.412 e. The number of carbonyl (C=O) groups is 1. The highest BCUT2D eigenvalue weighted by Crippen LogP contribution is 2.27. The summed E-state index contributed by atoms with van der Waals surface area (Å²) in [4.78, 5) is 12.9. The van der Waals surface area contributed by atoms with Crippen molar-refractivity contribution in [2.45, 2.75) is 23.6 Å². The van der Waals surface area contributed by atoms with Crippen molar-refractivity contribution in [1.82, 2.24) is 4.90 Å². The van der Waals surface area contributed by atoms with Gasteiger partial charge in [0.25, 0.3) is 20.2 Å². The zero-order chi connectivity index (χ0) is 20.2. The van der Waals surface area contributed by atoms with Crippen LogP contribution in [0.15, 0.2) is 41.8 Å². The molecule has 0 radical (unpaired) electrons. The van der Waals surface area contributed by atoms with Gasteiger partial charge >= 0.3 is 6.09 Å². The Morgan fingerprint density at radius 2 is 1.89 bits per heavy atom. The predicted molar refractivity (Wildman–Crippen MR) is 96.1 cm³/mol. The molecule has 0 N–H and O–H groups in total. The third-order valence-electron chi connectivity index (χ3n) is 3.42. The number of amides is 1. The van der Waals surface area contributed by atoms with E-state index in [0.29, 0.717) is 5.02 Å². The third kappa shape index (κ3) is 6.18. The number of halogens is 1. The molecule has 1 aliphatic heterocycles. The molecule has 150 valence electrons. The SMILES string of the molecule is C=CCOC(=O)N1C[C@H](OS(C)(=O)=O)C[C@@H]1OS(=O)(=O)c1ccc(Cl)cc1. The molecular weight excluding hydrogens is 422 g/mol. The van der Waals surface area contributed by atoms with Crippen LogP contribution in [-0.4, -0.2) is 59.6 Å². The van der Waals surface area contributed by atoms with Gasteiger partial charge in [-0.05, 0) is 24.3 Å². The summed E-state index contributed by atoms with van der Waals surface area (Å²) >= 11 is 5.74. The molecule has 0 bridgehead atoms. The Hall–Kier alpha value is -1.66. The Balaban J connectivity index is 2.22. The van der Waals surface area contributed by atoms with Crippen molar-refractivity contribution in [1.29, 1.82) is 0 Å². The van der Waals surface area contributed by atoms with Crippen molar-refractivity contribution in [3.63, 3.8) is 0 Å². The molecule has 9 nitrogen and oxygen atoms in total. The van der Waals surface area contributed by atoms with Gasteiger partial charge in [-0.15, -0.1) is 0 Å². The molecule has 0 spiro atoms. The van der Waals surface area contributed by atoms with E-state index < -0.39 is 38.7 Å². The van der Waals surface area contributed by atoms with Gasteiger partial charge < -0.3 is 4.74 Å². The summed E-state index contributed by atoms with van der Waals surface area (Å²) in [6, 6.07) is 5.24. The Kier molecular flexibility index (Phi) is 6.87. The molecule has 0 saturated carbocycles. The summed E-state index contributed by atoms with van der Waals surface area (Å²) in [5.74, 6) is 0. The highest BCUT2D eigenvalue weighted by Gasteiger charge is 2.41. The predicted octanol–water partition coefficient (Wildman–Crippen LogP) is 1.74. The number of nitrogens with zero attached hydrogens (tertiary/aromatic N) is 1. The van der Waals surface area contributed by atoms with E-state index in [1.165, 1.54) is 30.3 Å². The fourth-order valence-corrected chi connectivity index (χ4v) is 4.20. The lowest BCUT2D eigenvalue weighted by Crippen LogP contribution is -2.39. The van der Waals surface area contributed by atoms with Crippen molar-refractivity contribution in [2.24, 2.45) is 0 Å². The van der Waals surface area contributed by atoms with Crippen molar-refractivity contribution in [3.05, 3.63) is 41.9 Å². The molecule has 0 aromatic heterocycles. The van der Waals surface area contributed by atoms with E-state index in [1.807, 2.05) is 0 Å². The van der Waals surface area contributed by atoms with E-state index in [2.05, 4.69) is 6.58 Å². The first kappa shape index (κ1) is 21.6. The maximum absolute atomic E-state index is 12.5. The minimum Gasteiger partial charge on any atom is -0.445 e. The van der Waals surface area contributed by atoms with Gasteiger partial charge in [0.15, 0.2) is 6.23 Å². The lowest BCUT2D eigenvalue weighted by Gasteiger charge is -2.23. The Morgan fingerprint density at radius 3 is 2.44 bits per heavy atom. The molecular formula is C15H18ClNO8S2. The van der Waals surface area contributed by atoms with Crippen LogP contribution in [0.4, 0.5) is 4.79 Å². The van der Waals surface area contributed by atoms with Gasteiger partial charge in [-0.3, -0.25) is 9.08 Å². The summed E-state index contributed by atoms with van der Waals surface area (Å²) in [6.07, 6.45) is -1.14. The number of rotatable bonds is 7. The largest absolute Gasteiger partial charge is 0.445 e. The summed E-state index contributed by atoms with van der Waals surface area (Å²) in [6.45, 7) is 3.08. The van der Waals surface area contributed by atoms with Gasteiger partial charge in [0, 0.05) is 11.4 Å². The first-order valence-electron chi connectivity index (χ1n) is 7.63. The molecule has 1 heterocycles. The van der Waals surface area contributed by atoms with Crippen LogP contribution in [0.1, 0.15) is 6.42 Å². The van der Waals surface area contributed by atoms with Crippen LogP contribution in [0.5, 0.6) is 0 Å². The van der Waals surface area contributed by atoms with E-state index in [1.54, 1.807) is 0 Å². The standard InChI is InChI=1S/C15H18ClNO8S2/c1-3-8-23-15(18)17-10-12(24-26(2,19)20)9-14(17)25-27(21,22)13-6-4-11(16)5-7-13/h3-7,12,14H,1,8-10H2,2H3/t12-,14+/m1/s1. The maximum atomic E-state index is 12.5. The molecule has 1 amide bonds. The highest BCUT2D eigenvalue weighted by atomic mass is 35.5. The van der Waals surface area contributed by atoms with Gasteiger partial charge in [-0.2, -0.15) is 16.8 Å². The Labute approximate surface area is 162 Å². The van der Waals surface area contributed by atoms with Crippen LogP contribution < -0.4 is 0 Å². The molecule has 2 rings (SSSR count). The second-order valence-corrected chi connectivity index (χ2v) is 9.24. The minimum absolute atomic E-state index is 0.108. The molecule has 12 heteroatoms. The van der Waals surface area contributed by atoms with Crippen molar-refractivity contribution in [3.8, 4) is 0 Å². The number of ether oxygens (including phenoxy) is 1. The number of carbonyl (C=O) groups excluding carboxylic acids is 1. The molecule has 0 unspecified atom stereocenters. The zero-order valence-electron chi connectivity index (χ0n) is 14.3. The maximum Gasteiger partial charge on any atom is 0.412 e. The molecule has 1 saturated heterocycles. The molecule has 27 heavy (non-hydrogen) atoms. The second kappa shape index (κ2) is 8.57. The lowest BCUT2D eigenvalue weighted by molar-refractivity contribution is 0.0473. The number of hydrogen-bond donors (Lipinski definition) is 0. The molecule has 1 aliphatic rings. The Bertz CT molecular complexity index is 898.